The number of imidazole rings is 1. The summed E-state index contributed by atoms with van der Waals surface area (Å²) in [6.45, 7) is 8.06. The summed E-state index contributed by atoms with van der Waals surface area (Å²) in [6, 6.07) is 2.03. The van der Waals surface area contributed by atoms with Gasteiger partial charge in [0.25, 0.3) is 0 Å². The summed E-state index contributed by atoms with van der Waals surface area (Å²) in [6.07, 6.45) is 5.72. The molecule has 0 bridgehead atoms. The van der Waals surface area contributed by atoms with Gasteiger partial charge in [-0.15, -0.1) is 0 Å². The van der Waals surface area contributed by atoms with Crippen molar-refractivity contribution >= 4 is 0 Å². The second kappa shape index (κ2) is 4.94. The zero-order valence-electron chi connectivity index (χ0n) is 11.5. The first-order valence-corrected chi connectivity index (χ1v) is 6.16. The Kier molecular flexibility index (Phi) is 3.52. The molecule has 5 heteroatoms. The lowest BCUT2D eigenvalue weighted by Gasteiger charge is -2.20. The molecule has 98 valence electrons. The van der Waals surface area contributed by atoms with Crippen molar-refractivity contribution < 1.29 is 0 Å². The highest BCUT2D eigenvalue weighted by Crippen LogP contribution is 2.07. The fraction of sp³-hybridized carbons (Fsp3) is 0.538. The van der Waals surface area contributed by atoms with Crippen LogP contribution < -0.4 is 5.32 Å². The van der Waals surface area contributed by atoms with Gasteiger partial charge in [-0.25, -0.2) is 4.98 Å². The van der Waals surface area contributed by atoms with Gasteiger partial charge in [-0.3, -0.25) is 4.68 Å². The molecule has 0 fully saturated rings. The highest BCUT2D eigenvalue weighted by Gasteiger charge is 2.11. The summed E-state index contributed by atoms with van der Waals surface area (Å²) in [5, 5.41) is 7.85. The van der Waals surface area contributed by atoms with Crippen molar-refractivity contribution in [2.24, 2.45) is 7.05 Å². The van der Waals surface area contributed by atoms with E-state index in [0.29, 0.717) is 0 Å². The highest BCUT2D eigenvalue weighted by atomic mass is 15.3. The molecule has 5 nitrogen and oxygen atoms in total. The van der Waals surface area contributed by atoms with Crippen molar-refractivity contribution in [3.8, 4) is 0 Å². The van der Waals surface area contributed by atoms with Gasteiger partial charge in [0.2, 0.25) is 0 Å². The molecule has 0 atom stereocenters. The third kappa shape index (κ3) is 3.43. The van der Waals surface area contributed by atoms with Gasteiger partial charge in [0, 0.05) is 31.5 Å². The van der Waals surface area contributed by atoms with Crippen LogP contribution >= 0.6 is 0 Å². The summed E-state index contributed by atoms with van der Waals surface area (Å²) in [5.74, 6) is 0. The number of rotatable bonds is 4. The van der Waals surface area contributed by atoms with E-state index in [1.165, 1.54) is 5.69 Å². The lowest BCUT2D eigenvalue weighted by atomic mass is 10.1. The van der Waals surface area contributed by atoms with Crippen LogP contribution in [0.2, 0.25) is 0 Å². The molecular weight excluding hydrogens is 226 g/mol. The van der Waals surface area contributed by atoms with Gasteiger partial charge >= 0.3 is 0 Å². The van der Waals surface area contributed by atoms with E-state index < -0.39 is 0 Å². The molecule has 0 spiro atoms. The van der Waals surface area contributed by atoms with Gasteiger partial charge < -0.3 is 9.88 Å². The molecular formula is C13H21N5. The van der Waals surface area contributed by atoms with Crippen molar-refractivity contribution in [3.63, 3.8) is 0 Å². The monoisotopic (exact) mass is 247 g/mol. The second-order valence-electron chi connectivity index (χ2n) is 5.60. The minimum Gasteiger partial charge on any atom is -0.327 e. The molecule has 18 heavy (non-hydrogen) atoms. The fourth-order valence-corrected chi connectivity index (χ4v) is 1.72. The number of nitrogens with one attached hydrogen (secondary N) is 1. The average Bonchev–Trinajstić information content (AvgIpc) is 2.85. The molecule has 1 N–H and O–H groups in total. The first-order valence-electron chi connectivity index (χ1n) is 6.16. The van der Waals surface area contributed by atoms with Crippen molar-refractivity contribution in [3.05, 3.63) is 36.2 Å². The fourth-order valence-electron chi connectivity index (χ4n) is 1.72. The van der Waals surface area contributed by atoms with E-state index in [2.05, 4.69) is 40.7 Å². The predicted octanol–water partition coefficient (Wildman–Crippen LogP) is 1.55. The topological polar surface area (TPSA) is 47.7 Å². The lowest BCUT2D eigenvalue weighted by Crippen LogP contribution is -2.35. The van der Waals surface area contributed by atoms with E-state index in [0.717, 1.165) is 18.8 Å². The second-order valence-corrected chi connectivity index (χ2v) is 5.60. The van der Waals surface area contributed by atoms with Crippen LogP contribution in [0.5, 0.6) is 0 Å². The lowest BCUT2D eigenvalue weighted by molar-refractivity contribution is 0.416. The molecule has 0 aromatic carbocycles. The van der Waals surface area contributed by atoms with Crippen LogP contribution in [0.1, 0.15) is 32.2 Å². The maximum Gasteiger partial charge on any atom is 0.0952 e. The van der Waals surface area contributed by atoms with Gasteiger partial charge in [0.05, 0.1) is 24.3 Å². The summed E-state index contributed by atoms with van der Waals surface area (Å²) < 4.78 is 3.94. The normalized spacial score (nSPS) is 12.0. The Balaban J connectivity index is 2.03. The largest absolute Gasteiger partial charge is 0.327 e. The van der Waals surface area contributed by atoms with E-state index in [-0.39, 0.29) is 5.54 Å². The van der Waals surface area contributed by atoms with Crippen molar-refractivity contribution in [2.75, 3.05) is 0 Å². The number of aryl methyl sites for hydroxylation is 1. The van der Waals surface area contributed by atoms with Crippen LogP contribution in [0, 0.1) is 0 Å². The summed E-state index contributed by atoms with van der Waals surface area (Å²) in [5.41, 5.74) is 2.34. The third-order valence-corrected chi connectivity index (χ3v) is 2.70. The van der Waals surface area contributed by atoms with Crippen molar-refractivity contribution in [2.45, 2.75) is 39.4 Å². The van der Waals surface area contributed by atoms with Gasteiger partial charge in [-0.05, 0) is 26.8 Å². The van der Waals surface area contributed by atoms with Crippen LogP contribution in [0.25, 0.3) is 0 Å². The van der Waals surface area contributed by atoms with Crippen LogP contribution in [-0.4, -0.2) is 24.9 Å². The van der Waals surface area contributed by atoms with E-state index >= 15 is 0 Å². The Morgan fingerprint density at radius 2 is 2.11 bits per heavy atom. The summed E-state index contributed by atoms with van der Waals surface area (Å²) in [7, 11) is 1.93. The van der Waals surface area contributed by atoms with Gasteiger partial charge in [0.1, 0.15) is 0 Å². The summed E-state index contributed by atoms with van der Waals surface area (Å²) >= 11 is 0. The minimum absolute atomic E-state index is 0.111. The molecule has 0 aliphatic carbocycles. The van der Waals surface area contributed by atoms with Crippen LogP contribution in [0.4, 0.5) is 0 Å². The van der Waals surface area contributed by atoms with Gasteiger partial charge in [0.15, 0.2) is 0 Å². The average molecular weight is 247 g/mol. The van der Waals surface area contributed by atoms with Crippen molar-refractivity contribution in [1.29, 1.82) is 0 Å². The van der Waals surface area contributed by atoms with E-state index in [9.17, 15) is 0 Å². The standard InChI is InChI=1S/C13H21N5/c1-13(2,3)15-8-12-7-14-10-18(12)9-11-5-6-17(4)16-11/h5-7,10,15H,8-9H2,1-4H3. The molecule has 0 aliphatic heterocycles. The molecule has 0 unspecified atom stereocenters. The number of aromatic nitrogens is 4. The SMILES string of the molecule is Cn1ccc(Cn2cncc2CNC(C)(C)C)n1. The maximum absolute atomic E-state index is 4.38. The van der Waals surface area contributed by atoms with E-state index in [4.69, 9.17) is 0 Å². The Morgan fingerprint density at radius 3 is 2.72 bits per heavy atom. The zero-order chi connectivity index (χ0) is 13.2. The number of hydrogen-bond donors (Lipinski definition) is 1. The Morgan fingerprint density at radius 1 is 1.33 bits per heavy atom. The third-order valence-electron chi connectivity index (χ3n) is 2.70. The Hall–Kier alpha value is -1.62. The first-order chi connectivity index (χ1) is 8.44. The van der Waals surface area contributed by atoms with Crippen LogP contribution in [0.3, 0.4) is 0 Å². The molecule has 0 saturated carbocycles. The molecule has 2 aromatic rings. The summed E-state index contributed by atoms with van der Waals surface area (Å²) in [4.78, 5) is 4.21. The molecule has 0 aliphatic rings. The number of nitrogens with zero attached hydrogens (tertiary/aromatic N) is 4. The first kappa shape index (κ1) is 12.8. The van der Waals surface area contributed by atoms with Crippen molar-refractivity contribution in [1.82, 2.24) is 24.6 Å². The van der Waals surface area contributed by atoms with E-state index in [1.54, 1.807) is 0 Å². The molecule has 2 rings (SSSR count). The molecule has 0 amide bonds. The Bertz CT molecular complexity index is 503. The molecule has 2 aromatic heterocycles. The molecule has 2 heterocycles. The predicted molar refractivity (Wildman–Crippen MR) is 71.1 cm³/mol. The van der Waals surface area contributed by atoms with Gasteiger partial charge in [-0.1, -0.05) is 0 Å². The van der Waals surface area contributed by atoms with Crippen LogP contribution in [0.15, 0.2) is 24.8 Å². The maximum atomic E-state index is 4.38. The number of hydrogen-bond acceptors (Lipinski definition) is 3. The van der Waals surface area contributed by atoms with E-state index in [1.807, 2.05) is 36.5 Å². The quantitative estimate of drug-likeness (QED) is 0.891. The van der Waals surface area contributed by atoms with Crippen LogP contribution in [-0.2, 0) is 20.1 Å². The highest BCUT2D eigenvalue weighted by molar-refractivity contribution is 5.05. The van der Waals surface area contributed by atoms with Gasteiger partial charge in [-0.2, -0.15) is 5.10 Å². The minimum atomic E-state index is 0.111. The molecule has 0 saturated heterocycles. The smallest absolute Gasteiger partial charge is 0.0952 e. The molecule has 0 radical (unpaired) electrons. The zero-order valence-corrected chi connectivity index (χ0v) is 11.5. The Labute approximate surface area is 108 Å².